The van der Waals surface area contributed by atoms with Gasteiger partial charge < -0.3 is 4.74 Å². The van der Waals surface area contributed by atoms with Gasteiger partial charge in [0, 0.05) is 10.6 Å². The molecule has 0 aliphatic carbocycles. The van der Waals surface area contributed by atoms with Gasteiger partial charge in [-0.1, -0.05) is 29.8 Å². The zero-order valence-electron chi connectivity index (χ0n) is 8.80. The van der Waals surface area contributed by atoms with Crippen LogP contribution in [-0.2, 0) is 6.61 Å². The highest BCUT2D eigenvalue weighted by molar-refractivity contribution is 6.31. The van der Waals surface area contributed by atoms with E-state index in [0.717, 1.165) is 5.56 Å². The maximum absolute atomic E-state index is 8.85. The van der Waals surface area contributed by atoms with Gasteiger partial charge in [-0.2, -0.15) is 10.4 Å². The van der Waals surface area contributed by atoms with Crippen LogP contribution in [0.25, 0.3) is 0 Å². The molecular weight excluding hydrogens is 238 g/mol. The molecule has 0 saturated carbocycles. The number of halogens is 1. The Kier molecular flexibility index (Phi) is 3.53. The standard InChI is InChI=1S/C12H8ClN3O/c13-11-4-2-1-3-10(11)8-17-12-9(7-14)5-6-15-16-12/h1-6H,8H2. The first-order valence-electron chi connectivity index (χ1n) is 4.89. The monoisotopic (exact) mass is 245 g/mol. The Hall–Kier alpha value is -2.12. The Morgan fingerprint density at radius 2 is 2.12 bits per heavy atom. The molecule has 0 amide bonds. The fourth-order valence-corrected chi connectivity index (χ4v) is 1.46. The van der Waals surface area contributed by atoms with E-state index in [2.05, 4.69) is 10.2 Å². The summed E-state index contributed by atoms with van der Waals surface area (Å²) in [4.78, 5) is 0. The smallest absolute Gasteiger partial charge is 0.251 e. The summed E-state index contributed by atoms with van der Waals surface area (Å²) in [6.07, 6.45) is 1.45. The van der Waals surface area contributed by atoms with Crippen LogP contribution in [0.4, 0.5) is 0 Å². The summed E-state index contributed by atoms with van der Waals surface area (Å²) in [5.41, 5.74) is 1.19. The molecule has 0 radical (unpaired) electrons. The molecule has 84 valence electrons. The summed E-state index contributed by atoms with van der Waals surface area (Å²) in [5, 5.41) is 16.9. The number of hydrogen-bond acceptors (Lipinski definition) is 4. The number of rotatable bonds is 3. The van der Waals surface area contributed by atoms with Crippen LogP contribution in [0.2, 0.25) is 5.02 Å². The van der Waals surface area contributed by atoms with Gasteiger partial charge in [-0.25, -0.2) is 0 Å². The van der Waals surface area contributed by atoms with E-state index in [9.17, 15) is 0 Å². The average molecular weight is 246 g/mol. The fourth-order valence-electron chi connectivity index (χ4n) is 1.27. The van der Waals surface area contributed by atoms with E-state index in [1.807, 2.05) is 24.3 Å². The van der Waals surface area contributed by atoms with Crippen LogP contribution in [0.5, 0.6) is 5.88 Å². The maximum atomic E-state index is 8.85. The lowest BCUT2D eigenvalue weighted by molar-refractivity contribution is 0.289. The van der Waals surface area contributed by atoms with Crippen molar-refractivity contribution in [1.29, 1.82) is 5.26 Å². The fraction of sp³-hybridized carbons (Fsp3) is 0.0833. The number of nitriles is 1. The summed E-state index contributed by atoms with van der Waals surface area (Å²) < 4.78 is 5.41. The van der Waals surface area contributed by atoms with Crippen molar-refractivity contribution in [2.24, 2.45) is 0 Å². The molecule has 0 aliphatic heterocycles. The van der Waals surface area contributed by atoms with Crippen LogP contribution in [-0.4, -0.2) is 10.2 Å². The first kappa shape index (κ1) is 11.4. The topological polar surface area (TPSA) is 58.8 Å². The minimum atomic E-state index is 0.218. The van der Waals surface area contributed by atoms with Gasteiger partial charge >= 0.3 is 0 Å². The van der Waals surface area contributed by atoms with Crippen molar-refractivity contribution in [2.75, 3.05) is 0 Å². The first-order chi connectivity index (χ1) is 8.31. The predicted octanol–water partition coefficient (Wildman–Crippen LogP) is 2.58. The van der Waals surface area contributed by atoms with Crippen molar-refractivity contribution in [2.45, 2.75) is 6.61 Å². The molecule has 0 atom stereocenters. The van der Waals surface area contributed by atoms with Crippen LogP contribution in [0.3, 0.4) is 0 Å². The summed E-state index contributed by atoms with van der Waals surface area (Å²) in [6.45, 7) is 0.257. The normalized spacial score (nSPS) is 9.65. The van der Waals surface area contributed by atoms with E-state index in [-0.39, 0.29) is 12.5 Å². The summed E-state index contributed by atoms with van der Waals surface area (Å²) in [6, 6.07) is 10.9. The number of nitrogens with zero attached hydrogens (tertiary/aromatic N) is 3. The molecule has 0 unspecified atom stereocenters. The number of aromatic nitrogens is 2. The Bertz CT molecular complexity index is 566. The summed E-state index contributed by atoms with van der Waals surface area (Å²) >= 11 is 5.98. The second-order valence-electron chi connectivity index (χ2n) is 3.24. The van der Waals surface area contributed by atoms with Gasteiger partial charge in [0.15, 0.2) is 0 Å². The minimum absolute atomic E-state index is 0.218. The molecule has 0 spiro atoms. The molecule has 0 fully saturated rings. The van der Waals surface area contributed by atoms with Gasteiger partial charge in [0.1, 0.15) is 18.2 Å². The molecule has 0 saturated heterocycles. The van der Waals surface area contributed by atoms with Crippen LogP contribution in [0, 0.1) is 11.3 Å². The van der Waals surface area contributed by atoms with Crippen molar-refractivity contribution in [3.05, 3.63) is 52.7 Å². The van der Waals surface area contributed by atoms with Crippen LogP contribution < -0.4 is 4.74 Å². The second-order valence-corrected chi connectivity index (χ2v) is 3.65. The highest BCUT2D eigenvalue weighted by atomic mass is 35.5. The highest BCUT2D eigenvalue weighted by Crippen LogP contribution is 2.18. The Morgan fingerprint density at radius 1 is 1.29 bits per heavy atom. The molecular formula is C12H8ClN3O. The third kappa shape index (κ3) is 2.71. The molecule has 1 aromatic carbocycles. The molecule has 0 N–H and O–H groups in total. The molecule has 2 aromatic rings. The van der Waals surface area contributed by atoms with Crippen molar-refractivity contribution < 1.29 is 4.74 Å². The van der Waals surface area contributed by atoms with Crippen molar-refractivity contribution >= 4 is 11.6 Å². The van der Waals surface area contributed by atoms with Crippen LogP contribution in [0.15, 0.2) is 36.5 Å². The van der Waals surface area contributed by atoms with Crippen LogP contribution >= 0.6 is 11.6 Å². The van der Waals surface area contributed by atoms with Gasteiger partial charge in [-0.15, -0.1) is 5.10 Å². The van der Waals surface area contributed by atoms with Crippen molar-refractivity contribution in [3.63, 3.8) is 0 Å². The lowest BCUT2D eigenvalue weighted by atomic mass is 10.2. The second kappa shape index (κ2) is 5.28. The van der Waals surface area contributed by atoms with Gasteiger partial charge in [0.2, 0.25) is 0 Å². The molecule has 1 aromatic heterocycles. The SMILES string of the molecule is N#Cc1ccnnc1OCc1ccccc1Cl. The van der Waals surface area contributed by atoms with E-state index < -0.39 is 0 Å². The number of hydrogen-bond donors (Lipinski definition) is 0. The van der Waals surface area contributed by atoms with E-state index >= 15 is 0 Å². The van der Waals surface area contributed by atoms with Crippen molar-refractivity contribution in [1.82, 2.24) is 10.2 Å². The van der Waals surface area contributed by atoms with Gasteiger partial charge in [0.25, 0.3) is 5.88 Å². The van der Waals surface area contributed by atoms with E-state index in [4.69, 9.17) is 21.6 Å². The molecule has 17 heavy (non-hydrogen) atoms. The van der Waals surface area contributed by atoms with E-state index in [0.29, 0.717) is 10.6 Å². The first-order valence-corrected chi connectivity index (χ1v) is 5.27. The van der Waals surface area contributed by atoms with Crippen LogP contribution in [0.1, 0.15) is 11.1 Å². The lowest BCUT2D eigenvalue weighted by Crippen LogP contribution is -2.00. The lowest BCUT2D eigenvalue weighted by Gasteiger charge is -2.06. The quantitative estimate of drug-likeness (QED) is 0.834. The molecule has 1 heterocycles. The third-order valence-corrected chi connectivity index (χ3v) is 2.50. The Morgan fingerprint density at radius 3 is 2.88 bits per heavy atom. The van der Waals surface area contributed by atoms with E-state index in [1.165, 1.54) is 6.20 Å². The molecule has 4 nitrogen and oxygen atoms in total. The molecule has 2 rings (SSSR count). The largest absolute Gasteiger partial charge is 0.471 e. The highest BCUT2D eigenvalue weighted by Gasteiger charge is 2.06. The Balaban J connectivity index is 2.13. The number of benzene rings is 1. The molecule has 5 heteroatoms. The minimum Gasteiger partial charge on any atom is -0.471 e. The van der Waals surface area contributed by atoms with E-state index in [1.54, 1.807) is 12.1 Å². The Labute approximate surface area is 103 Å². The summed E-state index contributed by atoms with van der Waals surface area (Å²) in [7, 11) is 0. The zero-order chi connectivity index (χ0) is 12.1. The summed E-state index contributed by atoms with van der Waals surface area (Å²) in [5.74, 6) is 0.218. The van der Waals surface area contributed by atoms with Gasteiger partial charge in [0.05, 0.1) is 6.20 Å². The zero-order valence-corrected chi connectivity index (χ0v) is 9.55. The number of ether oxygens (including phenoxy) is 1. The van der Waals surface area contributed by atoms with Gasteiger partial charge in [-0.3, -0.25) is 0 Å². The third-order valence-electron chi connectivity index (χ3n) is 2.13. The van der Waals surface area contributed by atoms with Gasteiger partial charge in [-0.05, 0) is 12.1 Å². The molecule has 0 bridgehead atoms. The molecule has 0 aliphatic rings. The predicted molar refractivity (Wildman–Crippen MR) is 62.5 cm³/mol. The van der Waals surface area contributed by atoms with Crippen molar-refractivity contribution in [3.8, 4) is 11.9 Å². The average Bonchev–Trinajstić information content (AvgIpc) is 2.38. The maximum Gasteiger partial charge on any atom is 0.251 e.